The Balaban J connectivity index is 1.87. The Kier molecular flexibility index (Phi) is 8.53. The Bertz CT molecular complexity index is 903. The van der Waals surface area contributed by atoms with Crippen LogP contribution in [0.2, 0.25) is 0 Å². The molecule has 7 nitrogen and oxygen atoms in total. The van der Waals surface area contributed by atoms with E-state index in [-0.39, 0.29) is 24.8 Å². The molecule has 0 atom stereocenters. The van der Waals surface area contributed by atoms with E-state index < -0.39 is 24.3 Å². The largest absolute Gasteiger partial charge is 0.493 e. The minimum atomic E-state index is -4.49. The van der Waals surface area contributed by atoms with E-state index in [1.807, 2.05) is 0 Å². The summed E-state index contributed by atoms with van der Waals surface area (Å²) in [6.07, 6.45) is -4.49. The van der Waals surface area contributed by atoms with E-state index in [1.165, 1.54) is 19.2 Å². The second kappa shape index (κ2) is 11.1. The van der Waals surface area contributed by atoms with E-state index in [0.29, 0.717) is 23.6 Å². The molecule has 10 heteroatoms. The first kappa shape index (κ1) is 23.8. The topological polar surface area (TPSA) is 85.9 Å². The number of hydrogen-bond acceptors (Lipinski definition) is 5. The number of amides is 2. The molecule has 31 heavy (non-hydrogen) atoms. The third-order valence-corrected chi connectivity index (χ3v) is 3.98. The molecule has 0 saturated carbocycles. The predicted molar refractivity (Wildman–Crippen MR) is 106 cm³/mol. The first-order valence-electron chi connectivity index (χ1n) is 9.36. The molecule has 168 valence electrons. The number of carbonyl (C=O) groups is 2. The van der Waals surface area contributed by atoms with Gasteiger partial charge in [0.1, 0.15) is 5.75 Å². The SMILES string of the molecule is CCNC(=O)COc1ccc(CNC(=O)COc2cccc(C(F)(F)F)c2)cc1OC. The molecule has 0 aliphatic rings. The summed E-state index contributed by atoms with van der Waals surface area (Å²) in [4.78, 5) is 23.5. The number of nitrogens with one attached hydrogen (secondary N) is 2. The Morgan fingerprint density at radius 2 is 1.65 bits per heavy atom. The Hall–Kier alpha value is -3.43. The number of benzene rings is 2. The van der Waals surface area contributed by atoms with Gasteiger partial charge in [-0.05, 0) is 42.8 Å². The number of methoxy groups -OCH3 is 1. The third kappa shape index (κ3) is 7.72. The second-order valence-electron chi connectivity index (χ2n) is 6.32. The van der Waals surface area contributed by atoms with Crippen molar-refractivity contribution in [3.63, 3.8) is 0 Å². The highest BCUT2D eigenvalue weighted by Crippen LogP contribution is 2.31. The summed E-state index contributed by atoms with van der Waals surface area (Å²) in [5.41, 5.74) is -0.165. The number of alkyl halides is 3. The van der Waals surface area contributed by atoms with Crippen molar-refractivity contribution in [3.05, 3.63) is 53.6 Å². The Morgan fingerprint density at radius 3 is 2.32 bits per heavy atom. The van der Waals surface area contributed by atoms with Crippen LogP contribution in [0, 0.1) is 0 Å². The van der Waals surface area contributed by atoms with E-state index in [4.69, 9.17) is 14.2 Å². The van der Waals surface area contributed by atoms with Gasteiger partial charge in [0.2, 0.25) is 0 Å². The number of likely N-dealkylation sites (N-methyl/N-ethyl adjacent to an activating group) is 1. The zero-order valence-corrected chi connectivity index (χ0v) is 17.0. The normalized spacial score (nSPS) is 10.9. The lowest BCUT2D eigenvalue weighted by atomic mass is 10.2. The molecule has 0 bridgehead atoms. The van der Waals surface area contributed by atoms with E-state index in [2.05, 4.69) is 10.6 Å². The lowest BCUT2D eigenvalue weighted by molar-refractivity contribution is -0.137. The summed E-state index contributed by atoms with van der Waals surface area (Å²) < 4.78 is 53.9. The molecule has 2 N–H and O–H groups in total. The maximum absolute atomic E-state index is 12.7. The lowest BCUT2D eigenvalue weighted by Crippen LogP contribution is -2.29. The Labute approximate surface area is 177 Å². The van der Waals surface area contributed by atoms with Gasteiger partial charge < -0.3 is 24.8 Å². The highest BCUT2D eigenvalue weighted by molar-refractivity contribution is 5.78. The monoisotopic (exact) mass is 440 g/mol. The van der Waals surface area contributed by atoms with Gasteiger partial charge in [-0.1, -0.05) is 12.1 Å². The number of hydrogen-bond donors (Lipinski definition) is 2. The molecule has 0 heterocycles. The fraction of sp³-hybridized carbons (Fsp3) is 0.333. The molecule has 2 amide bonds. The summed E-state index contributed by atoms with van der Waals surface area (Å²) in [6.45, 7) is 1.83. The van der Waals surface area contributed by atoms with Gasteiger partial charge in [0.05, 0.1) is 12.7 Å². The summed E-state index contributed by atoms with van der Waals surface area (Å²) in [5.74, 6) is -0.0668. The van der Waals surface area contributed by atoms with Crippen LogP contribution in [0.3, 0.4) is 0 Å². The lowest BCUT2D eigenvalue weighted by Gasteiger charge is -2.13. The summed E-state index contributed by atoms with van der Waals surface area (Å²) in [6, 6.07) is 9.23. The predicted octanol–water partition coefficient (Wildman–Crippen LogP) is 2.92. The van der Waals surface area contributed by atoms with E-state index in [0.717, 1.165) is 12.1 Å². The molecule has 0 radical (unpaired) electrons. The van der Waals surface area contributed by atoms with Crippen LogP contribution in [0.15, 0.2) is 42.5 Å². The van der Waals surface area contributed by atoms with Crippen LogP contribution in [0.25, 0.3) is 0 Å². The van der Waals surface area contributed by atoms with Crippen LogP contribution in [0.1, 0.15) is 18.1 Å². The van der Waals surface area contributed by atoms with Crippen LogP contribution in [-0.2, 0) is 22.3 Å². The first-order chi connectivity index (χ1) is 14.7. The van der Waals surface area contributed by atoms with Crippen molar-refractivity contribution in [2.45, 2.75) is 19.6 Å². The molecule has 0 unspecified atom stereocenters. The van der Waals surface area contributed by atoms with Gasteiger partial charge in [-0.3, -0.25) is 9.59 Å². The highest BCUT2D eigenvalue weighted by atomic mass is 19.4. The average molecular weight is 440 g/mol. The molecule has 0 aliphatic heterocycles. The van der Waals surface area contributed by atoms with Gasteiger partial charge in [0.25, 0.3) is 11.8 Å². The van der Waals surface area contributed by atoms with Gasteiger partial charge in [0.15, 0.2) is 24.7 Å². The van der Waals surface area contributed by atoms with E-state index in [9.17, 15) is 22.8 Å². The van der Waals surface area contributed by atoms with Crippen molar-refractivity contribution in [3.8, 4) is 17.2 Å². The van der Waals surface area contributed by atoms with Crippen LogP contribution in [0.5, 0.6) is 17.2 Å². The van der Waals surface area contributed by atoms with Crippen molar-refractivity contribution in [2.24, 2.45) is 0 Å². The summed E-state index contributed by atoms with van der Waals surface area (Å²) in [5, 5.41) is 5.22. The molecule has 0 aliphatic carbocycles. The van der Waals surface area contributed by atoms with Crippen molar-refractivity contribution in [1.82, 2.24) is 10.6 Å². The maximum Gasteiger partial charge on any atom is 0.416 e. The summed E-state index contributed by atoms with van der Waals surface area (Å²) >= 11 is 0. The fourth-order valence-corrected chi connectivity index (χ4v) is 2.50. The van der Waals surface area contributed by atoms with Gasteiger partial charge >= 0.3 is 6.18 Å². The van der Waals surface area contributed by atoms with Crippen LogP contribution >= 0.6 is 0 Å². The number of ether oxygens (including phenoxy) is 3. The van der Waals surface area contributed by atoms with Crippen LogP contribution < -0.4 is 24.8 Å². The molecule has 2 aromatic carbocycles. The molecular weight excluding hydrogens is 417 g/mol. The van der Waals surface area contributed by atoms with Gasteiger partial charge in [-0.15, -0.1) is 0 Å². The zero-order chi connectivity index (χ0) is 22.9. The summed E-state index contributed by atoms with van der Waals surface area (Å²) in [7, 11) is 1.44. The number of halogens is 3. The number of carbonyl (C=O) groups excluding carboxylic acids is 2. The fourth-order valence-electron chi connectivity index (χ4n) is 2.50. The van der Waals surface area contributed by atoms with Gasteiger partial charge in [-0.25, -0.2) is 0 Å². The molecule has 0 aromatic heterocycles. The van der Waals surface area contributed by atoms with Gasteiger partial charge in [-0.2, -0.15) is 13.2 Å². The molecule has 0 saturated heterocycles. The van der Waals surface area contributed by atoms with E-state index >= 15 is 0 Å². The molecule has 0 fully saturated rings. The average Bonchev–Trinajstić information content (AvgIpc) is 2.74. The number of rotatable bonds is 10. The minimum Gasteiger partial charge on any atom is -0.493 e. The maximum atomic E-state index is 12.7. The minimum absolute atomic E-state index is 0.0553. The van der Waals surface area contributed by atoms with Crippen molar-refractivity contribution in [1.29, 1.82) is 0 Å². The van der Waals surface area contributed by atoms with Crippen molar-refractivity contribution < 1.29 is 37.0 Å². The van der Waals surface area contributed by atoms with E-state index in [1.54, 1.807) is 25.1 Å². The van der Waals surface area contributed by atoms with Crippen molar-refractivity contribution >= 4 is 11.8 Å². The smallest absolute Gasteiger partial charge is 0.416 e. The highest BCUT2D eigenvalue weighted by Gasteiger charge is 2.30. The first-order valence-corrected chi connectivity index (χ1v) is 9.36. The quantitative estimate of drug-likeness (QED) is 0.594. The molecular formula is C21H23F3N2O5. The van der Waals surface area contributed by atoms with Crippen LogP contribution in [0.4, 0.5) is 13.2 Å². The molecule has 2 aromatic rings. The molecule has 2 rings (SSSR count). The Morgan fingerprint density at radius 1 is 0.935 bits per heavy atom. The zero-order valence-electron chi connectivity index (χ0n) is 17.0. The van der Waals surface area contributed by atoms with Crippen molar-refractivity contribution in [2.75, 3.05) is 26.9 Å². The molecule has 0 spiro atoms. The van der Waals surface area contributed by atoms with Crippen LogP contribution in [-0.4, -0.2) is 38.7 Å². The third-order valence-electron chi connectivity index (χ3n) is 3.98. The standard InChI is InChI=1S/C21H23F3N2O5/c1-3-25-19(27)13-31-17-8-7-14(9-18(17)29-2)11-26-20(28)12-30-16-6-4-5-15(10-16)21(22,23)24/h4-10H,3,11-13H2,1-2H3,(H,25,27)(H,26,28). The second-order valence-corrected chi connectivity index (χ2v) is 6.32. The van der Waals surface area contributed by atoms with Gasteiger partial charge in [0, 0.05) is 13.1 Å².